The van der Waals surface area contributed by atoms with Crippen molar-refractivity contribution >= 4 is 23.6 Å². The number of benzene rings is 2. The summed E-state index contributed by atoms with van der Waals surface area (Å²) in [4.78, 5) is 19.4. The van der Waals surface area contributed by atoms with Gasteiger partial charge in [-0.15, -0.1) is 11.8 Å². The van der Waals surface area contributed by atoms with Gasteiger partial charge in [0.15, 0.2) is 5.96 Å². The third-order valence-corrected chi connectivity index (χ3v) is 4.79. The zero-order valence-electron chi connectivity index (χ0n) is 16.2. The Morgan fingerprint density at radius 2 is 1.74 bits per heavy atom. The van der Waals surface area contributed by atoms with Crippen LogP contribution in [0, 0.1) is 0 Å². The Morgan fingerprint density at radius 3 is 2.37 bits per heavy atom. The molecule has 0 fully saturated rings. The van der Waals surface area contributed by atoms with Gasteiger partial charge >= 0.3 is 0 Å². The van der Waals surface area contributed by atoms with Crippen LogP contribution in [0.4, 0.5) is 0 Å². The van der Waals surface area contributed by atoms with Crippen molar-refractivity contribution in [2.24, 2.45) is 4.99 Å². The molecule has 0 unspecified atom stereocenters. The highest BCUT2D eigenvalue weighted by molar-refractivity contribution is 7.99. The number of amides is 1. The minimum absolute atomic E-state index is 0.0102. The second kappa shape index (κ2) is 11.3. The molecule has 0 aromatic heterocycles. The summed E-state index contributed by atoms with van der Waals surface area (Å²) in [6.45, 7) is 4.27. The van der Waals surface area contributed by atoms with E-state index in [9.17, 15) is 4.79 Å². The maximum absolute atomic E-state index is 11.9. The van der Waals surface area contributed by atoms with Gasteiger partial charge in [0.2, 0.25) is 0 Å². The normalized spacial score (nSPS) is 11.1. The van der Waals surface area contributed by atoms with Gasteiger partial charge in [0.25, 0.3) is 5.91 Å². The van der Waals surface area contributed by atoms with E-state index in [1.807, 2.05) is 42.1 Å². The van der Waals surface area contributed by atoms with E-state index in [1.165, 1.54) is 4.90 Å². The summed E-state index contributed by atoms with van der Waals surface area (Å²) in [5.41, 5.74) is 1.76. The van der Waals surface area contributed by atoms with E-state index in [0.717, 1.165) is 30.4 Å². The summed E-state index contributed by atoms with van der Waals surface area (Å²) in [5, 5.41) is 6.63. The summed E-state index contributed by atoms with van der Waals surface area (Å²) in [5.74, 6) is 1.78. The molecule has 0 aliphatic carbocycles. The lowest BCUT2D eigenvalue weighted by Gasteiger charge is -2.12. The van der Waals surface area contributed by atoms with Gasteiger partial charge in [0.05, 0.1) is 6.54 Å². The number of guanidine groups is 1. The van der Waals surface area contributed by atoms with Crippen LogP contribution in [0.3, 0.4) is 0 Å². The molecule has 0 saturated heterocycles. The lowest BCUT2D eigenvalue weighted by Crippen LogP contribution is -2.38. The molecule has 0 atom stereocenters. The number of thioether (sulfide) groups is 1. The van der Waals surface area contributed by atoms with Crippen LogP contribution in [0.25, 0.3) is 0 Å². The Bertz CT molecular complexity index is 730. The number of nitrogens with one attached hydrogen (secondary N) is 2. The van der Waals surface area contributed by atoms with Crippen molar-refractivity contribution in [3.63, 3.8) is 0 Å². The second-order valence-electron chi connectivity index (χ2n) is 6.18. The highest BCUT2D eigenvalue weighted by atomic mass is 32.2. The van der Waals surface area contributed by atoms with Crippen LogP contribution < -0.4 is 10.6 Å². The Balaban J connectivity index is 1.84. The van der Waals surface area contributed by atoms with E-state index < -0.39 is 0 Å². The van der Waals surface area contributed by atoms with Gasteiger partial charge in [-0.3, -0.25) is 4.79 Å². The van der Waals surface area contributed by atoms with Crippen molar-refractivity contribution < 1.29 is 4.79 Å². The molecule has 2 N–H and O–H groups in total. The molecule has 0 aliphatic heterocycles. The van der Waals surface area contributed by atoms with Crippen LogP contribution in [0.15, 0.2) is 64.5 Å². The third kappa shape index (κ3) is 7.35. The lowest BCUT2D eigenvalue weighted by atomic mass is 10.1. The minimum atomic E-state index is 0.0102. The van der Waals surface area contributed by atoms with E-state index in [-0.39, 0.29) is 5.91 Å². The molecule has 5 nitrogen and oxygen atoms in total. The molecule has 2 rings (SSSR count). The molecule has 27 heavy (non-hydrogen) atoms. The largest absolute Gasteiger partial charge is 0.357 e. The van der Waals surface area contributed by atoms with Crippen LogP contribution in [0.1, 0.15) is 22.8 Å². The predicted octanol–water partition coefficient (Wildman–Crippen LogP) is 3.24. The second-order valence-corrected chi connectivity index (χ2v) is 7.35. The number of carbonyl (C=O) groups is 1. The average Bonchev–Trinajstić information content (AvgIpc) is 2.69. The van der Waals surface area contributed by atoms with Crippen LogP contribution in [0.5, 0.6) is 0 Å². The zero-order chi connectivity index (χ0) is 19.5. The minimum Gasteiger partial charge on any atom is -0.357 e. The highest BCUT2D eigenvalue weighted by Gasteiger charge is 2.07. The fourth-order valence-electron chi connectivity index (χ4n) is 2.38. The Kier molecular flexibility index (Phi) is 8.71. The first-order chi connectivity index (χ1) is 13.1. The van der Waals surface area contributed by atoms with Gasteiger partial charge in [-0.1, -0.05) is 30.3 Å². The maximum atomic E-state index is 11.9. The van der Waals surface area contributed by atoms with Crippen LogP contribution in [-0.4, -0.2) is 49.7 Å². The van der Waals surface area contributed by atoms with Crippen molar-refractivity contribution in [3.8, 4) is 0 Å². The van der Waals surface area contributed by atoms with Crippen molar-refractivity contribution in [2.45, 2.75) is 18.4 Å². The van der Waals surface area contributed by atoms with E-state index in [2.05, 4.69) is 46.8 Å². The van der Waals surface area contributed by atoms with Crippen LogP contribution in [0.2, 0.25) is 0 Å². The van der Waals surface area contributed by atoms with Gasteiger partial charge in [0.1, 0.15) is 0 Å². The SMILES string of the molecule is CCNC(=NCc1ccc(C(=O)N(C)C)cc1)NCCSc1ccccc1. The smallest absolute Gasteiger partial charge is 0.253 e. The van der Waals surface area contributed by atoms with E-state index in [1.54, 1.807) is 19.0 Å². The molecule has 1 amide bonds. The number of rotatable bonds is 8. The summed E-state index contributed by atoms with van der Waals surface area (Å²) >= 11 is 1.82. The predicted molar refractivity (Wildman–Crippen MR) is 114 cm³/mol. The molecular formula is C21H28N4OS. The monoisotopic (exact) mass is 384 g/mol. The lowest BCUT2D eigenvalue weighted by molar-refractivity contribution is 0.0827. The van der Waals surface area contributed by atoms with E-state index in [4.69, 9.17) is 0 Å². The first-order valence-electron chi connectivity index (χ1n) is 9.10. The number of hydrogen-bond acceptors (Lipinski definition) is 3. The fourth-order valence-corrected chi connectivity index (χ4v) is 3.17. The Labute approximate surface area is 166 Å². The molecule has 6 heteroatoms. The molecule has 2 aromatic carbocycles. The average molecular weight is 385 g/mol. The van der Waals surface area contributed by atoms with Crippen molar-refractivity contribution in [1.29, 1.82) is 0 Å². The summed E-state index contributed by atoms with van der Waals surface area (Å²) in [6.07, 6.45) is 0. The van der Waals surface area contributed by atoms with Crippen molar-refractivity contribution in [1.82, 2.24) is 15.5 Å². The molecule has 2 aromatic rings. The quantitative estimate of drug-likeness (QED) is 0.318. The summed E-state index contributed by atoms with van der Waals surface area (Å²) in [6, 6.07) is 18.0. The van der Waals surface area contributed by atoms with E-state index >= 15 is 0 Å². The number of hydrogen-bond donors (Lipinski definition) is 2. The Morgan fingerprint density at radius 1 is 1.04 bits per heavy atom. The maximum Gasteiger partial charge on any atom is 0.253 e. The molecule has 0 heterocycles. The van der Waals surface area contributed by atoms with Gasteiger partial charge in [-0.2, -0.15) is 0 Å². The first-order valence-corrected chi connectivity index (χ1v) is 10.1. The van der Waals surface area contributed by atoms with Gasteiger partial charge < -0.3 is 15.5 Å². The molecule has 0 saturated carbocycles. The molecule has 144 valence electrons. The summed E-state index contributed by atoms with van der Waals surface area (Å²) in [7, 11) is 3.51. The third-order valence-electron chi connectivity index (χ3n) is 3.78. The van der Waals surface area contributed by atoms with Gasteiger partial charge in [-0.05, 0) is 36.8 Å². The van der Waals surface area contributed by atoms with Crippen LogP contribution in [-0.2, 0) is 6.54 Å². The zero-order valence-corrected chi connectivity index (χ0v) is 17.1. The molecule has 0 bridgehead atoms. The molecule has 0 radical (unpaired) electrons. The number of nitrogens with zero attached hydrogens (tertiary/aromatic N) is 2. The number of carbonyl (C=O) groups excluding carboxylic acids is 1. The van der Waals surface area contributed by atoms with Crippen molar-refractivity contribution in [3.05, 3.63) is 65.7 Å². The van der Waals surface area contributed by atoms with Crippen LogP contribution >= 0.6 is 11.8 Å². The molecule has 0 spiro atoms. The van der Waals surface area contributed by atoms with Gasteiger partial charge in [0, 0.05) is 43.4 Å². The van der Waals surface area contributed by atoms with E-state index in [0.29, 0.717) is 12.1 Å². The topological polar surface area (TPSA) is 56.7 Å². The molecule has 0 aliphatic rings. The Hall–Kier alpha value is -2.47. The highest BCUT2D eigenvalue weighted by Crippen LogP contribution is 2.15. The summed E-state index contributed by atoms with van der Waals surface area (Å²) < 4.78 is 0. The fraction of sp³-hybridized carbons (Fsp3) is 0.333. The van der Waals surface area contributed by atoms with Crippen molar-refractivity contribution in [2.75, 3.05) is 32.9 Å². The standard InChI is InChI=1S/C21H28N4OS/c1-4-22-21(23-14-15-27-19-8-6-5-7-9-19)24-16-17-10-12-18(13-11-17)20(26)25(2)3/h5-13H,4,14-16H2,1-3H3,(H2,22,23,24). The molecular weight excluding hydrogens is 356 g/mol. The number of aliphatic imine (C=N–C) groups is 1. The van der Waals surface area contributed by atoms with Gasteiger partial charge in [-0.25, -0.2) is 4.99 Å². The first kappa shape index (κ1) is 20.8.